The molecule has 0 fully saturated rings. The van der Waals surface area contributed by atoms with E-state index in [0.29, 0.717) is 0 Å². The average molecular weight is 258 g/mol. The molecule has 104 valence electrons. The molecule has 0 rings (SSSR count). The minimum Gasteiger partial charge on any atom is -0.291 e. The topological polar surface area (TPSA) is 99.3 Å². The van der Waals surface area contributed by atoms with E-state index in [-0.39, 0.29) is 36.6 Å². The van der Waals surface area contributed by atoms with E-state index in [1.165, 1.54) is 0 Å². The minimum atomic E-state index is -0.399. The molecule has 0 radical (unpaired) electrons. The number of hydrazine groups is 2. The van der Waals surface area contributed by atoms with E-state index in [1.54, 1.807) is 13.8 Å². The van der Waals surface area contributed by atoms with Gasteiger partial charge in [0.15, 0.2) is 0 Å². The second kappa shape index (κ2) is 8.46. The third-order valence-electron chi connectivity index (χ3n) is 1.93. The van der Waals surface area contributed by atoms with Gasteiger partial charge in [0.05, 0.1) is 0 Å². The van der Waals surface area contributed by atoms with Crippen LogP contribution in [0.4, 0.5) is 0 Å². The molecule has 0 aliphatic heterocycles. The summed E-state index contributed by atoms with van der Waals surface area (Å²) in [5.74, 6) is -1.14. The lowest BCUT2D eigenvalue weighted by Crippen LogP contribution is -2.45. The first-order valence-corrected chi connectivity index (χ1v) is 5.96. The Kier molecular flexibility index (Phi) is 7.69. The van der Waals surface area contributed by atoms with Crippen LogP contribution in [0.3, 0.4) is 0 Å². The zero-order chi connectivity index (χ0) is 14.1. The lowest BCUT2D eigenvalue weighted by molar-refractivity contribution is -0.131. The number of amides is 3. The number of nitrogens with one attached hydrogen (secondary N) is 4. The van der Waals surface area contributed by atoms with Crippen molar-refractivity contribution in [3.8, 4) is 0 Å². The number of hydrogen-bond acceptors (Lipinski definition) is 4. The fourth-order valence-corrected chi connectivity index (χ4v) is 0.853. The summed E-state index contributed by atoms with van der Waals surface area (Å²) in [6.45, 7) is 7.20. The van der Waals surface area contributed by atoms with Crippen LogP contribution in [-0.2, 0) is 14.4 Å². The van der Waals surface area contributed by atoms with E-state index in [9.17, 15) is 14.4 Å². The Labute approximate surface area is 107 Å². The lowest BCUT2D eigenvalue weighted by atomic mass is 10.2. The van der Waals surface area contributed by atoms with E-state index in [2.05, 4.69) is 21.7 Å². The van der Waals surface area contributed by atoms with Crippen LogP contribution in [0, 0.1) is 5.92 Å². The Morgan fingerprint density at radius 3 is 1.78 bits per heavy atom. The second-order valence-corrected chi connectivity index (χ2v) is 4.54. The molecular formula is C11H22N4O3. The zero-order valence-electron chi connectivity index (χ0n) is 11.3. The maximum absolute atomic E-state index is 11.3. The van der Waals surface area contributed by atoms with Crippen molar-refractivity contribution in [1.29, 1.82) is 0 Å². The molecule has 0 heterocycles. The summed E-state index contributed by atoms with van der Waals surface area (Å²) in [6.07, 6.45) is 0.0765. The molecule has 0 saturated carbocycles. The van der Waals surface area contributed by atoms with E-state index in [0.717, 1.165) is 0 Å². The maximum Gasteiger partial charge on any atom is 0.240 e. The molecule has 0 atom stereocenters. The molecular weight excluding hydrogens is 236 g/mol. The van der Waals surface area contributed by atoms with E-state index < -0.39 is 5.91 Å². The van der Waals surface area contributed by atoms with Crippen LogP contribution >= 0.6 is 0 Å². The number of carbonyl (C=O) groups is 3. The van der Waals surface area contributed by atoms with Crippen molar-refractivity contribution in [2.45, 2.75) is 46.6 Å². The Hall–Kier alpha value is -1.63. The average Bonchev–Trinajstić information content (AvgIpc) is 2.30. The summed E-state index contributed by atoms with van der Waals surface area (Å²) in [7, 11) is 0. The van der Waals surface area contributed by atoms with Crippen LogP contribution in [-0.4, -0.2) is 23.8 Å². The highest BCUT2D eigenvalue weighted by molar-refractivity contribution is 5.85. The van der Waals surface area contributed by atoms with Crippen molar-refractivity contribution in [3.63, 3.8) is 0 Å². The van der Waals surface area contributed by atoms with Gasteiger partial charge >= 0.3 is 0 Å². The highest BCUT2D eigenvalue weighted by atomic mass is 16.2. The number of rotatable bonds is 6. The summed E-state index contributed by atoms with van der Waals surface area (Å²) in [6, 6.07) is 0.133. The van der Waals surface area contributed by atoms with E-state index >= 15 is 0 Å². The normalized spacial score (nSPS) is 10.3. The fraction of sp³-hybridized carbons (Fsp3) is 0.727. The second-order valence-electron chi connectivity index (χ2n) is 4.54. The standard InChI is InChI=1S/C11H22N4O3/c1-7(2)11(18)15-14-10(17)6-5-9(16)13-12-8(3)4/h7-8,12H,5-6H2,1-4H3,(H,13,16)(H,14,17)(H,15,18). The molecule has 7 heteroatoms. The lowest BCUT2D eigenvalue weighted by Gasteiger charge is -2.10. The fourth-order valence-electron chi connectivity index (χ4n) is 0.853. The van der Waals surface area contributed by atoms with E-state index in [4.69, 9.17) is 0 Å². The third kappa shape index (κ3) is 8.51. The molecule has 0 aliphatic carbocycles. The molecule has 0 bridgehead atoms. The predicted molar refractivity (Wildman–Crippen MR) is 66.8 cm³/mol. The van der Waals surface area contributed by atoms with Crippen molar-refractivity contribution in [2.75, 3.05) is 0 Å². The maximum atomic E-state index is 11.3. The number of hydrogen-bond donors (Lipinski definition) is 4. The summed E-state index contributed by atoms with van der Waals surface area (Å²) in [4.78, 5) is 33.7. The molecule has 0 spiro atoms. The molecule has 0 saturated heterocycles. The molecule has 7 nitrogen and oxygen atoms in total. The monoisotopic (exact) mass is 258 g/mol. The largest absolute Gasteiger partial charge is 0.291 e. The van der Waals surface area contributed by atoms with E-state index in [1.807, 2.05) is 13.8 Å². The van der Waals surface area contributed by atoms with Crippen molar-refractivity contribution in [1.82, 2.24) is 21.7 Å². The van der Waals surface area contributed by atoms with Crippen LogP contribution in [0.1, 0.15) is 40.5 Å². The van der Waals surface area contributed by atoms with Crippen LogP contribution in [0.15, 0.2) is 0 Å². The summed E-state index contributed by atoms with van der Waals surface area (Å²) in [5, 5.41) is 0. The molecule has 0 aromatic rings. The van der Waals surface area contributed by atoms with Crippen LogP contribution < -0.4 is 21.7 Å². The highest BCUT2D eigenvalue weighted by Crippen LogP contribution is 1.90. The first-order valence-electron chi connectivity index (χ1n) is 5.96. The Balaban J connectivity index is 3.70. The third-order valence-corrected chi connectivity index (χ3v) is 1.93. The first kappa shape index (κ1) is 16.4. The molecule has 0 aromatic carbocycles. The van der Waals surface area contributed by atoms with Crippen molar-refractivity contribution >= 4 is 17.7 Å². The number of carbonyl (C=O) groups excluding carboxylic acids is 3. The van der Waals surface area contributed by atoms with Gasteiger partial charge < -0.3 is 0 Å². The molecule has 0 unspecified atom stereocenters. The molecule has 3 amide bonds. The van der Waals surface area contributed by atoms with Crippen LogP contribution in [0.25, 0.3) is 0 Å². The van der Waals surface area contributed by atoms with Crippen molar-refractivity contribution in [2.24, 2.45) is 5.92 Å². The van der Waals surface area contributed by atoms with Gasteiger partial charge in [-0.3, -0.25) is 30.7 Å². The first-order chi connectivity index (χ1) is 8.32. The van der Waals surface area contributed by atoms with Gasteiger partial charge in [-0.25, -0.2) is 5.43 Å². The quantitative estimate of drug-likeness (QED) is 0.487. The van der Waals surface area contributed by atoms with Gasteiger partial charge in [-0.05, 0) is 13.8 Å². The Bertz CT molecular complexity index is 303. The summed E-state index contributed by atoms with van der Waals surface area (Å²) in [5.41, 5.74) is 9.71. The van der Waals surface area contributed by atoms with Crippen molar-refractivity contribution < 1.29 is 14.4 Å². The van der Waals surface area contributed by atoms with Crippen molar-refractivity contribution in [3.05, 3.63) is 0 Å². The van der Waals surface area contributed by atoms with Gasteiger partial charge in [0, 0.05) is 24.8 Å². The zero-order valence-corrected chi connectivity index (χ0v) is 11.3. The van der Waals surface area contributed by atoms with Crippen LogP contribution in [0.2, 0.25) is 0 Å². The van der Waals surface area contributed by atoms with Gasteiger partial charge in [0.25, 0.3) is 0 Å². The van der Waals surface area contributed by atoms with Gasteiger partial charge in [0.1, 0.15) is 0 Å². The van der Waals surface area contributed by atoms with Gasteiger partial charge in [0.2, 0.25) is 17.7 Å². The molecule has 4 N–H and O–H groups in total. The van der Waals surface area contributed by atoms with Gasteiger partial charge in [-0.1, -0.05) is 13.8 Å². The minimum absolute atomic E-state index is 0.0178. The Morgan fingerprint density at radius 1 is 0.833 bits per heavy atom. The molecule has 0 aliphatic rings. The summed E-state index contributed by atoms with van der Waals surface area (Å²) >= 11 is 0. The van der Waals surface area contributed by atoms with Gasteiger partial charge in [-0.2, -0.15) is 0 Å². The molecule has 18 heavy (non-hydrogen) atoms. The van der Waals surface area contributed by atoms with Crippen LogP contribution in [0.5, 0.6) is 0 Å². The summed E-state index contributed by atoms with van der Waals surface area (Å²) < 4.78 is 0. The Morgan fingerprint density at radius 2 is 1.33 bits per heavy atom. The smallest absolute Gasteiger partial charge is 0.240 e. The highest BCUT2D eigenvalue weighted by Gasteiger charge is 2.09. The predicted octanol–water partition coefficient (Wildman–Crippen LogP) is -0.401. The van der Waals surface area contributed by atoms with Gasteiger partial charge in [-0.15, -0.1) is 0 Å². The SMILES string of the molecule is CC(C)NNC(=O)CCC(=O)NNC(=O)C(C)C. The molecule has 0 aromatic heterocycles.